The molecule has 0 spiro atoms. The number of rotatable bonds is 8. The number of carbonyl (C=O) groups is 1. The molecule has 2 fully saturated rings. The average Bonchev–Trinajstić information content (AvgIpc) is 3.27. The predicted octanol–water partition coefficient (Wildman–Crippen LogP) is 1.47. The number of hydrogen-bond acceptors (Lipinski definition) is 5. The Hall–Kier alpha value is -1.43. The van der Waals surface area contributed by atoms with Crippen LogP contribution in [0.1, 0.15) is 29.3 Å². The highest BCUT2D eigenvalue weighted by Gasteiger charge is 2.30. The molecule has 0 aliphatic carbocycles. The van der Waals surface area contributed by atoms with Crippen LogP contribution in [0.4, 0.5) is 0 Å². The quantitative estimate of drug-likeness (QED) is 0.286. The first-order chi connectivity index (χ1) is 15.1. The van der Waals surface area contributed by atoms with Crippen molar-refractivity contribution in [1.29, 1.82) is 0 Å². The minimum absolute atomic E-state index is 0. The Kier molecular flexibility index (Phi) is 11.7. The largest absolute Gasteiger partial charge is 0.379 e. The van der Waals surface area contributed by atoms with E-state index in [9.17, 15) is 4.79 Å². The molecule has 3 rings (SSSR count). The van der Waals surface area contributed by atoms with Gasteiger partial charge in [0.2, 0.25) is 0 Å². The highest BCUT2D eigenvalue weighted by Crippen LogP contribution is 2.17. The molecule has 32 heavy (non-hydrogen) atoms. The second-order valence-corrected chi connectivity index (χ2v) is 8.47. The van der Waals surface area contributed by atoms with Crippen molar-refractivity contribution in [3.63, 3.8) is 0 Å². The molecule has 2 N–H and O–H groups in total. The summed E-state index contributed by atoms with van der Waals surface area (Å²) in [5.74, 6) is 0.923. The summed E-state index contributed by atoms with van der Waals surface area (Å²) in [5, 5.41) is 6.42. The third-order valence-electron chi connectivity index (χ3n) is 5.81. The molecule has 2 saturated heterocycles. The number of carbonyl (C=O) groups excluding carboxylic acids is 1. The van der Waals surface area contributed by atoms with Gasteiger partial charge in [0.15, 0.2) is 5.96 Å². The smallest absolute Gasteiger partial charge is 0.251 e. The Labute approximate surface area is 209 Å². The van der Waals surface area contributed by atoms with Crippen LogP contribution in [0.2, 0.25) is 0 Å². The molecule has 0 saturated carbocycles. The van der Waals surface area contributed by atoms with E-state index in [4.69, 9.17) is 9.73 Å². The fourth-order valence-electron chi connectivity index (χ4n) is 4.07. The van der Waals surface area contributed by atoms with Crippen LogP contribution in [0.15, 0.2) is 29.3 Å². The first-order valence-corrected chi connectivity index (χ1v) is 11.4. The molecule has 8 nitrogen and oxygen atoms in total. The number of nitrogens with zero attached hydrogens (tertiary/aromatic N) is 4. The van der Waals surface area contributed by atoms with Gasteiger partial charge in [0.1, 0.15) is 0 Å². The molecule has 2 aliphatic rings. The molecule has 2 aliphatic heterocycles. The lowest BCUT2D eigenvalue weighted by molar-refractivity contribution is 0.0195. The van der Waals surface area contributed by atoms with E-state index >= 15 is 0 Å². The third kappa shape index (κ3) is 8.17. The number of halogens is 1. The van der Waals surface area contributed by atoms with Gasteiger partial charge < -0.3 is 25.2 Å². The average molecular weight is 559 g/mol. The molecule has 0 bridgehead atoms. The number of benzene rings is 1. The van der Waals surface area contributed by atoms with Gasteiger partial charge in [-0.2, -0.15) is 0 Å². The van der Waals surface area contributed by atoms with Crippen molar-refractivity contribution in [2.24, 2.45) is 4.99 Å². The molecule has 9 heteroatoms. The van der Waals surface area contributed by atoms with Crippen LogP contribution in [0.25, 0.3) is 0 Å². The van der Waals surface area contributed by atoms with Gasteiger partial charge >= 0.3 is 0 Å². The number of aliphatic imine (C=N–C) groups is 1. The fourth-order valence-corrected chi connectivity index (χ4v) is 4.07. The van der Waals surface area contributed by atoms with E-state index in [2.05, 4.69) is 32.3 Å². The molecule has 1 unspecified atom stereocenters. The van der Waals surface area contributed by atoms with Crippen LogP contribution in [0.3, 0.4) is 0 Å². The minimum Gasteiger partial charge on any atom is -0.379 e. The van der Waals surface area contributed by atoms with Crippen molar-refractivity contribution in [3.8, 4) is 0 Å². The van der Waals surface area contributed by atoms with Crippen LogP contribution in [-0.2, 0) is 11.3 Å². The van der Waals surface area contributed by atoms with E-state index in [0.717, 1.165) is 70.4 Å². The Balaban J connectivity index is 0.00000363. The molecule has 0 aromatic heterocycles. The highest BCUT2D eigenvalue weighted by molar-refractivity contribution is 14.0. The molecule has 2 heterocycles. The Bertz CT molecular complexity index is 739. The van der Waals surface area contributed by atoms with Gasteiger partial charge in [-0.05, 0) is 45.1 Å². The van der Waals surface area contributed by atoms with Gasteiger partial charge in [0.25, 0.3) is 5.91 Å². The van der Waals surface area contributed by atoms with E-state index in [1.807, 2.05) is 38.4 Å². The molecule has 1 amide bonds. The predicted molar refractivity (Wildman–Crippen MR) is 140 cm³/mol. The highest BCUT2D eigenvalue weighted by atomic mass is 127. The summed E-state index contributed by atoms with van der Waals surface area (Å²) in [6.07, 6.45) is 1.16. The van der Waals surface area contributed by atoms with E-state index in [1.165, 1.54) is 0 Å². The van der Waals surface area contributed by atoms with E-state index < -0.39 is 0 Å². The van der Waals surface area contributed by atoms with Crippen molar-refractivity contribution < 1.29 is 9.53 Å². The van der Waals surface area contributed by atoms with Gasteiger partial charge in [-0.1, -0.05) is 12.1 Å². The molecule has 1 aromatic carbocycles. The lowest BCUT2D eigenvalue weighted by Crippen LogP contribution is -2.46. The molecule has 180 valence electrons. The lowest BCUT2D eigenvalue weighted by atomic mass is 10.1. The summed E-state index contributed by atoms with van der Waals surface area (Å²) in [6.45, 7) is 10.7. The number of guanidine groups is 1. The van der Waals surface area contributed by atoms with Crippen molar-refractivity contribution in [2.75, 3.05) is 73.1 Å². The first-order valence-electron chi connectivity index (χ1n) is 11.4. The number of nitrogens with one attached hydrogen (secondary N) is 2. The van der Waals surface area contributed by atoms with Crippen molar-refractivity contribution in [3.05, 3.63) is 35.4 Å². The van der Waals surface area contributed by atoms with Crippen LogP contribution in [0.5, 0.6) is 0 Å². The summed E-state index contributed by atoms with van der Waals surface area (Å²) in [4.78, 5) is 24.3. The van der Waals surface area contributed by atoms with E-state index in [0.29, 0.717) is 24.7 Å². The first kappa shape index (κ1) is 26.8. The monoisotopic (exact) mass is 558 g/mol. The third-order valence-corrected chi connectivity index (χ3v) is 5.81. The van der Waals surface area contributed by atoms with Gasteiger partial charge in [0.05, 0.1) is 19.8 Å². The topological polar surface area (TPSA) is 72.4 Å². The zero-order valence-corrected chi connectivity index (χ0v) is 22.0. The number of morpholine rings is 1. The molecule has 1 atom stereocenters. The molecular weight excluding hydrogens is 519 g/mol. The molecule has 0 radical (unpaired) electrons. The Morgan fingerprint density at radius 1 is 1.22 bits per heavy atom. The Morgan fingerprint density at radius 2 is 2.00 bits per heavy atom. The number of amides is 1. The number of hydrogen-bond donors (Lipinski definition) is 2. The van der Waals surface area contributed by atoms with Crippen molar-refractivity contribution in [2.45, 2.75) is 25.9 Å². The van der Waals surface area contributed by atoms with E-state index in [-0.39, 0.29) is 29.9 Å². The molecule has 1 aromatic rings. The fraction of sp³-hybridized carbons (Fsp3) is 0.652. The molecular formula is C23H39IN6O2. The Morgan fingerprint density at radius 3 is 2.72 bits per heavy atom. The van der Waals surface area contributed by atoms with Crippen LogP contribution >= 0.6 is 24.0 Å². The van der Waals surface area contributed by atoms with Crippen LogP contribution in [0, 0.1) is 0 Å². The summed E-state index contributed by atoms with van der Waals surface area (Å²) < 4.78 is 5.50. The van der Waals surface area contributed by atoms with Crippen molar-refractivity contribution >= 4 is 35.8 Å². The zero-order chi connectivity index (χ0) is 22.1. The minimum atomic E-state index is -0.0347. The summed E-state index contributed by atoms with van der Waals surface area (Å²) in [5.41, 5.74) is 1.73. The second kappa shape index (κ2) is 14.0. The maximum Gasteiger partial charge on any atom is 0.251 e. The number of likely N-dealkylation sites (N-methyl/N-ethyl adjacent to an activating group) is 1. The normalized spacial score (nSPS) is 19.7. The summed E-state index contributed by atoms with van der Waals surface area (Å²) in [7, 11) is 3.99. The van der Waals surface area contributed by atoms with Gasteiger partial charge in [-0.25, -0.2) is 4.99 Å². The van der Waals surface area contributed by atoms with Crippen LogP contribution < -0.4 is 10.6 Å². The number of ether oxygens (including phenoxy) is 1. The van der Waals surface area contributed by atoms with Gasteiger partial charge in [-0.3, -0.25) is 9.69 Å². The van der Waals surface area contributed by atoms with Crippen molar-refractivity contribution in [1.82, 2.24) is 25.3 Å². The zero-order valence-electron chi connectivity index (χ0n) is 19.7. The summed E-state index contributed by atoms with van der Waals surface area (Å²) in [6, 6.07) is 8.34. The number of likely N-dealkylation sites (tertiary alicyclic amines) is 1. The maximum absolute atomic E-state index is 12.4. The van der Waals surface area contributed by atoms with Gasteiger partial charge in [0, 0.05) is 57.4 Å². The van der Waals surface area contributed by atoms with E-state index in [1.54, 1.807) is 0 Å². The summed E-state index contributed by atoms with van der Waals surface area (Å²) >= 11 is 0. The maximum atomic E-state index is 12.4. The SMILES string of the molecule is CCNC(=NCc1cccc(C(=O)NCCN(C)C)c1)N1CCC(N2CCOCC2)C1.I. The second-order valence-electron chi connectivity index (χ2n) is 8.47. The lowest BCUT2D eigenvalue weighted by Gasteiger charge is -2.32. The van der Waals surface area contributed by atoms with Gasteiger partial charge in [-0.15, -0.1) is 24.0 Å². The standard InChI is InChI=1S/C23H38N6O2.HI/c1-4-24-23(29-10-8-21(18-29)28-12-14-31-15-13-28)26-17-19-6-5-7-20(16-19)22(30)25-9-11-27(2)3;/h5-7,16,21H,4,8-15,17-18H2,1-3H3,(H,24,26)(H,25,30);1H. The van der Waals surface area contributed by atoms with Crippen LogP contribution in [-0.4, -0.2) is 106 Å².